The van der Waals surface area contributed by atoms with Crippen LogP contribution in [0.4, 0.5) is 28.8 Å². The number of methoxy groups -OCH3 is 1. The Labute approximate surface area is 236 Å². The second-order valence-corrected chi connectivity index (χ2v) is 11.5. The Morgan fingerprint density at radius 1 is 1.07 bits per heavy atom. The smallest absolute Gasteiger partial charge is 0.249 e. The molecule has 40 heavy (non-hydrogen) atoms. The van der Waals surface area contributed by atoms with Crippen LogP contribution in [-0.2, 0) is 16.0 Å². The molecule has 3 aliphatic heterocycles. The number of likely N-dealkylation sites (N-methyl/N-ethyl adjacent to an activating group) is 1. The van der Waals surface area contributed by atoms with Crippen LogP contribution in [0.3, 0.4) is 0 Å². The molecule has 0 spiro atoms. The van der Waals surface area contributed by atoms with Gasteiger partial charge in [-0.1, -0.05) is 26.2 Å². The van der Waals surface area contributed by atoms with Gasteiger partial charge in [-0.05, 0) is 69.3 Å². The molecule has 0 radical (unpaired) electrons. The molecule has 2 aromatic rings. The van der Waals surface area contributed by atoms with Gasteiger partial charge < -0.3 is 24.8 Å². The zero-order valence-corrected chi connectivity index (χ0v) is 24.0. The fourth-order valence-corrected chi connectivity index (χ4v) is 6.90. The Kier molecular flexibility index (Phi) is 7.53. The number of nitrogens with zero attached hydrogens (tertiary/aromatic N) is 6. The minimum absolute atomic E-state index is 0.0980. The third-order valence-electron chi connectivity index (χ3n) is 9.06. The number of hydrogen-bond donors (Lipinski definition) is 1. The topological polar surface area (TPSA) is 94.1 Å². The van der Waals surface area contributed by atoms with Crippen molar-refractivity contribution in [3.8, 4) is 5.75 Å². The lowest BCUT2D eigenvalue weighted by atomic mass is 10.0. The van der Waals surface area contributed by atoms with Crippen molar-refractivity contribution >= 4 is 40.6 Å². The highest BCUT2D eigenvalue weighted by atomic mass is 16.5. The fraction of sp³-hybridized carbons (Fsp3) is 0.600. The fourth-order valence-electron chi connectivity index (χ4n) is 6.90. The van der Waals surface area contributed by atoms with Crippen LogP contribution in [-0.4, -0.2) is 79.1 Å². The van der Waals surface area contributed by atoms with Crippen molar-refractivity contribution in [1.29, 1.82) is 0 Å². The maximum atomic E-state index is 13.3. The molecule has 2 fully saturated rings. The number of aromatic nitrogens is 2. The molecule has 0 unspecified atom stereocenters. The number of carbonyl (C=O) groups is 2. The molecule has 1 atom stereocenters. The average Bonchev–Trinajstić information content (AvgIpc) is 3.65. The van der Waals surface area contributed by atoms with Crippen LogP contribution in [0, 0.1) is 0 Å². The molecule has 1 aromatic carbocycles. The molecule has 1 aromatic heterocycles. The van der Waals surface area contributed by atoms with E-state index in [2.05, 4.69) is 27.0 Å². The number of anilines is 5. The van der Waals surface area contributed by atoms with E-state index in [1.54, 1.807) is 18.2 Å². The van der Waals surface area contributed by atoms with Gasteiger partial charge in [0.15, 0.2) is 5.82 Å². The van der Waals surface area contributed by atoms with Crippen molar-refractivity contribution in [2.45, 2.75) is 76.8 Å². The lowest BCUT2D eigenvalue weighted by molar-refractivity contribution is -0.120. The molecule has 10 heteroatoms. The van der Waals surface area contributed by atoms with Gasteiger partial charge in [0, 0.05) is 25.3 Å². The van der Waals surface area contributed by atoms with Gasteiger partial charge in [0.2, 0.25) is 17.8 Å². The van der Waals surface area contributed by atoms with E-state index in [0.717, 1.165) is 80.1 Å². The number of hydrogen-bond acceptors (Lipinski definition) is 8. The number of rotatable bonds is 7. The van der Waals surface area contributed by atoms with Crippen LogP contribution in [0.1, 0.15) is 63.9 Å². The Hall–Kier alpha value is -3.40. The Balaban J connectivity index is 1.30. The molecule has 214 valence electrons. The number of ether oxygens (including phenoxy) is 1. The van der Waals surface area contributed by atoms with E-state index in [9.17, 15) is 9.59 Å². The standard InChI is InChI=1S/C30H41N7O3/c1-4-23-29(39)34(2)25-18-31-30(33-28(25)37(23)21-10-6-7-11-21)32-22-17-24-20(16-26(22)40-3)12-15-36(24)27(38)19-35-13-8-5-9-14-35/h16-18,21,23H,4-15,19H2,1-3H3,(H,31,32,33)/t23-/m1/s1. The Bertz CT molecular complexity index is 1270. The first-order valence-electron chi connectivity index (χ1n) is 14.9. The lowest BCUT2D eigenvalue weighted by Crippen LogP contribution is -2.55. The van der Waals surface area contributed by atoms with Gasteiger partial charge >= 0.3 is 0 Å². The average molecular weight is 548 g/mol. The minimum Gasteiger partial charge on any atom is -0.495 e. The monoisotopic (exact) mass is 547 g/mol. The van der Waals surface area contributed by atoms with Gasteiger partial charge in [0.05, 0.1) is 25.5 Å². The minimum atomic E-state index is -0.225. The molecular weight excluding hydrogens is 506 g/mol. The van der Waals surface area contributed by atoms with Gasteiger partial charge in [0.25, 0.3) is 0 Å². The molecule has 1 saturated heterocycles. The number of likely N-dealkylation sites (tertiary alicyclic amines) is 1. The van der Waals surface area contributed by atoms with Crippen LogP contribution in [0.5, 0.6) is 5.75 Å². The predicted molar refractivity (Wildman–Crippen MR) is 157 cm³/mol. The van der Waals surface area contributed by atoms with Crippen molar-refractivity contribution in [3.05, 3.63) is 23.9 Å². The number of benzene rings is 1. The molecule has 4 heterocycles. The zero-order chi connectivity index (χ0) is 27.8. The molecule has 1 N–H and O–H groups in total. The molecule has 10 nitrogen and oxygen atoms in total. The van der Waals surface area contributed by atoms with Crippen molar-refractivity contribution in [2.75, 3.05) is 60.4 Å². The summed E-state index contributed by atoms with van der Waals surface area (Å²) in [6.45, 7) is 5.20. The largest absolute Gasteiger partial charge is 0.495 e. The van der Waals surface area contributed by atoms with E-state index < -0.39 is 0 Å². The Morgan fingerprint density at radius 3 is 2.58 bits per heavy atom. The number of carbonyl (C=O) groups excluding carboxylic acids is 2. The number of fused-ring (bicyclic) bond motifs is 2. The van der Waals surface area contributed by atoms with E-state index in [1.165, 1.54) is 19.3 Å². The van der Waals surface area contributed by atoms with Gasteiger partial charge in [-0.25, -0.2) is 4.98 Å². The highest BCUT2D eigenvalue weighted by molar-refractivity contribution is 6.04. The summed E-state index contributed by atoms with van der Waals surface area (Å²) in [7, 11) is 3.47. The molecule has 4 aliphatic rings. The molecule has 6 rings (SSSR count). The van der Waals surface area contributed by atoms with Crippen LogP contribution < -0.4 is 24.8 Å². The van der Waals surface area contributed by atoms with Crippen molar-refractivity contribution in [2.24, 2.45) is 0 Å². The van der Waals surface area contributed by atoms with Gasteiger partial charge in [-0.3, -0.25) is 14.5 Å². The summed E-state index contributed by atoms with van der Waals surface area (Å²) in [4.78, 5) is 44.2. The van der Waals surface area contributed by atoms with Crippen LogP contribution >= 0.6 is 0 Å². The van der Waals surface area contributed by atoms with E-state index in [4.69, 9.17) is 9.72 Å². The second kappa shape index (κ2) is 11.2. The van der Waals surface area contributed by atoms with Crippen molar-refractivity contribution in [3.63, 3.8) is 0 Å². The zero-order valence-electron chi connectivity index (χ0n) is 24.0. The quantitative estimate of drug-likeness (QED) is 0.554. The first-order chi connectivity index (χ1) is 19.5. The number of piperidine rings is 1. The first kappa shape index (κ1) is 26.8. The summed E-state index contributed by atoms with van der Waals surface area (Å²) >= 11 is 0. The molecular formula is C30H41N7O3. The van der Waals surface area contributed by atoms with E-state index in [0.29, 0.717) is 30.8 Å². The number of amides is 2. The highest BCUT2D eigenvalue weighted by Gasteiger charge is 2.41. The maximum absolute atomic E-state index is 13.3. The second-order valence-electron chi connectivity index (χ2n) is 11.5. The van der Waals surface area contributed by atoms with Crippen LogP contribution in [0.15, 0.2) is 18.3 Å². The predicted octanol–water partition coefficient (Wildman–Crippen LogP) is 4.11. The van der Waals surface area contributed by atoms with Gasteiger partial charge in [0.1, 0.15) is 17.5 Å². The summed E-state index contributed by atoms with van der Waals surface area (Å²) in [6.07, 6.45) is 11.3. The maximum Gasteiger partial charge on any atom is 0.249 e. The number of nitrogens with one attached hydrogen (secondary N) is 1. The normalized spacial score (nSPS) is 21.5. The summed E-state index contributed by atoms with van der Waals surface area (Å²) in [6, 6.07) is 4.10. The van der Waals surface area contributed by atoms with Crippen molar-refractivity contribution in [1.82, 2.24) is 14.9 Å². The molecule has 1 aliphatic carbocycles. The van der Waals surface area contributed by atoms with Crippen molar-refractivity contribution < 1.29 is 14.3 Å². The molecule has 0 bridgehead atoms. The third-order valence-corrected chi connectivity index (χ3v) is 9.06. The van der Waals surface area contributed by atoms with Crippen LogP contribution in [0.2, 0.25) is 0 Å². The molecule has 1 saturated carbocycles. The summed E-state index contributed by atoms with van der Waals surface area (Å²) in [5.74, 6) is 2.18. The SMILES string of the molecule is CC[C@@H]1C(=O)N(C)c2cnc(Nc3cc4c(cc3OC)CCN4C(=O)CN3CCCCC3)nc2N1C1CCCC1. The van der Waals surface area contributed by atoms with E-state index in [-0.39, 0.29) is 17.9 Å². The Morgan fingerprint density at radius 2 is 1.85 bits per heavy atom. The molecule has 2 amide bonds. The summed E-state index contributed by atoms with van der Waals surface area (Å²) in [5, 5.41) is 3.39. The van der Waals surface area contributed by atoms with E-state index in [1.807, 2.05) is 24.1 Å². The lowest BCUT2D eigenvalue weighted by Gasteiger charge is -2.43. The summed E-state index contributed by atoms with van der Waals surface area (Å²) in [5.41, 5.74) is 3.49. The van der Waals surface area contributed by atoms with E-state index >= 15 is 0 Å². The first-order valence-corrected chi connectivity index (χ1v) is 14.9. The van der Waals surface area contributed by atoms with Gasteiger partial charge in [-0.15, -0.1) is 0 Å². The van der Waals surface area contributed by atoms with Gasteiger partial charge in [-0.2, -0.15) is 4.98 Å². The van der Waals surface area contributed by atoms with Crippen LogP contribution in [0.25, 0.3) is 0 Å². The summed E-state index contributed by atoms with van der Waals surface area (Å²) < 4.78 is 5.75. The third kappa shape index (κ3) is 4.87. The highest BCUT2D eigenvalue weighted by Crippen LogP contribution is 2.42.